The van der Waals surface area contributed by atoms with E-state index in [0.29, 0.717) is 17.3 Å². The van der Waals surface area contributed by atoms with Gasteiger partial charge in [0.1, 0.15) is 0 Å². The first-order valence-corrected chi connectivity index (χ1v) is 9.51. The number of benzene rings is 1. The highest BCUT2D eigenvalue weighted by Crippen LogP contribution is 2.31. The van der Waals surface area contributed by atoms with E-state index in [9.17, 15) is 8.42 Å². The van der Waals surface area contributed by atoms with Crippen LogP contribution in [0.25, 0.3) is 0 Å². The van der Waals surface area contributed by atoms with Crippen LogP contribution >= 0.6 is 27.5 Å². The lowest BCUT2D eigenvalue weighted by Crippen LogP contribution is -2.42. The van der Waals surface area contributed by atoms with Gasteiger partial charge in [0.25, 0.3) is 0 Å². The molecule has 0 amide bonds. The van der Waals surface area contributed by atoms with Gasteiger partial charge in [0.05, 0.1) is 4.90 Å². The van der Waals surface area contributed by atoms with Crippen LogP contribution in [0.4, 0.5) is 0 Å². The molecule has 1 heterocycles. The molecule has 6 heteroatoms. The van der Waals surface area contributed by atoms with Crippen LogP contribution in [0, 0.1) is 6.92 Å². The van der Waals surface area contributed by atoms with Crippen molar-refractivity contribution in [3.05, 3.63) is 27.7 Å². The van der Waals surface area contributed by atoms with Crippen LogP contribution in [0.2, 0.25) is 0 Å². The van der Waals surface area contributed by atoms with Crippen LogP contribution in [0.3, 0.4) is 0 Å². The molecule has 0 saturated carbocycles. The van der Waals surface area contributed by atoms with Gasteiger partial charge >= 0.3 is 0 Å². The first kappa shape index (κ1) is 16.3. The average Bonchev–Trinajstić information content (AvgIpc) is 2.41. The third-order valence-corrected chi connectivity index (χ3v) is 7.11. The molecule has 1 atom stereocenters. The van der Waals surface area contributed by atoms with Gasteiger partial charge in [0, 0.05) is 22.9 Å². The molecule has 1 aromatic carbocycles. The van der Waals surface area contributed by atoms with E-state index in [0.717, 1.165) is 34.9 Å². The molecule has 1 saturated heterocycles. The van der Waals surface area contributed by atoms with Crippen molar-refractivity contribution in [2.24, 2.45) is 0 Å². The zero-order valence-corrected chi connectivity index (χ0v) is 14.9. The molecule has 0 N–H and O–H groups in total. The molecule has 20 heavy (non-hydrogen) atoms. The van der Waals surface area contributed by atoms with Gasteiger partial charge in [0.2, 0.25) is 10.0 Å². The van der Waals surface area contributed by atoms with E-state index < -0.39 is 10.0 Å². The van der Waals surface area contributed by atoms with Crippen LogP contribution in [-0.2, 0) is 15.9 Å². The van der Waals surface area contributed by atoms with E-state index >= 15 is 0 Å². The van der Waals surface area contributed by atoms with Gasteiger partial charge in [-0.25, -0.2) is 8.42 Å². The fourth-order valence-corrected chi connectivity index (χ4v) is 5.40. The summed E-state index contributed by atoms with van der Waals surface area (Å²) in [5.74, 6) is 0.303. The first-order valence-electron chi connectivity index (χ1n) is 6.74. The van der Waals surface area contributed by atoms with Crippen molar-refractivity contribution < 1.29 is 8.42 Å². The molecule has 112 valence electrons. The minimum absolute atomic E-state index is 0.0617. The molecule has 2 rings (SSSR count). The van der Waals surface area contributed by atoms with E-state index in [1.165, 1.54) is 0 Å². The molecule has 0 aromatic heterocycles. The number of sulfonamides is 1. The molecule has 0 aliphatic carbocycles. The van der Waals surface area contributed by atoms with Crippen molar-refractivity contribution in [1.29, 1.82) is 0 Å². The Morgan fingerprint density at radius 3 is 2.70 bits per heavy atom. The fourth-order valence-electron chi connectivity index (χ4n) is 2.61. The highest BCUT2D eigenvalue weighted by atomic mass is 79.9. The summed E-state index contributed by atoms with van der Waals surface area (Å²) < 4.78 is 28.2. The molecule has 3 nitrogen and oxygen atoms in total. The molecule has 1 fully saturated rings. The van der Waals surface area contributed by atoms with E-state index in [2.05, 4.69) is 15.9 Å². The third-order valence-electron chi connectivity index (χ3n) is 3.84. The van der Waals surface area contributed by atoms with Gasteiger partial charge in [0.15, 0.2) is 0 Å². The Kier molecular flexibility index (Phi) is 5.16. The third kappa shape index (κ3) is 3.06. The number of hydrogen-bond acceptors (Lipinski definition) is 2. The van der Waals surface area contributed by atoms with Crippen molar-refractivity contribution in [2.75, 3.05) is 6.54 Å². The Bertz CT molecular complexity index is 603. The Morgan fingerprint density at radius 2 is 2.10 bits per heavy atom. The van der Waals surface area contributed by atoms with Crippen LogP contribution in [0.5, 0.6) is 0 Å². The number of nitrogens with zero attached hydrogens (tertiary/aromatic N) is 1. The number of piperidine rings is 1. The minimum Gasteiger partial charge on any atom is -0.207 e. The normalized spacial score (nSPS) is 21.1. The summed E-state index contributed by atoms with van der Waals surface area (Å²) in [7, 11) is -3.45. The molecule has 0 radical (unpaired) electrons. The Balaban J connectivity index is 2.51. The molecule has 0 spiro atoms. The maximum atomic E-state index is 12.9. The summed E-state index contributed by atoms with van der Waals surface area (Å²) in [6.07, 6.45) is 2.95. The second-order valence-electron chi connectivity index (χ2n) is 5.29. The molecule has 1 aliphatic rings. The lowest BCUT2D eigenvalue weighted by molar-refractivity contribution is 0.268. The van der Waals surface area contributed by atoms with Crippen molar-refractivity contribution in [3.63, 3.8) is 0 Å². The average molecular weight is 381 g/mol. The molecular weight excluding hydrogens is 362 g/mol. The van der Waals surface area contributed by atoms with Crippen LogP contribution in [-0.4, -0.2) is 25.3 Å². The number of halogens is 2. The standard InChI is InChI=1S/C14H19BrClNO2S/c1-10-5-3-4-6-17(10)20(18,19)14-8-12(9-16)7-13(15)11(14)2/h7-8,10H,3-6,9H2,1-2H3. The maximum Gasteiger partial charge on any atom is 0.243 e. The summed E-state index contributed by atoms with van der Waals surface area (Å²) in [6.45, 7) is 4.40. The second kappa shape index (κ2) is 6.34. The van der Waals surface area contributed by atoms with Gasteiger partial charge in [-0.3, -0.25) is 0 Å². The predicted molar refractivity (Wildman–Crippen MR) is 85.6 cm³/mol. The fraction of sp³-hybridized carbons (Fsp3) is 0.571. The zero-order valence-electron chi connectivity index (χ0n) is 11.7. The van der Waals surface area contributed by atoms with Crippen LogP contribution < -0.4 is 0 Å². The Hall–Kier alpha value is -0.100. The van der Waals surface area contributed by atoms with Gasteiger partial charge in [-0.05, 0) is 49.9 Å². The molecule has 1 aliphatic heterocycles. The molecular formula is C14H19BrClNO2S. The summed E-state index contributed by atoms with van der Waals surface area (Å²) in [4.78, 5) is 0.372. The van der Waals surface area contributed by atoms with Crippen molar-refractivity contribution in [2.45, 2.75) is 49.9 Å². The van der Waals surface area contributed by atoms with Crippen LogP contribution in [0.15, 0.2) is 21.5 Å². The van der Waals surface area contributed by atoms with E-state index in [1.54, 1.807) is 10.4 Å². The van der Waals surface area contributed by atoms with Gasteiger partial charge in [-0.2, -0.15) is 4.31 Å². The molecule has 0 bridgehead atoms. The predicted octanol–water partition coefficient (Wildman–Crippen LogP) is 4.06. The monoisotopic (exact) mass is 379 g/mol. The van der Waals surface area contributed by atoms with Gasteiger partial charge in [-0.1, -0.05) is 22.4 Å². The highest BCUT2D eigenvalue weighted by Gasteiger charge is 2.32. The van der Waals surface area contributed by atoms with Crippen molar-refractivity contribution in [3.8, 4) is 0 Å². The van der Waals surface area contributed by atoms with E-state index in [-0.39, 0.29) is 6.04 Å². The molecule has 1 unspecified atom stereocenters. The van der Waals surface area contributed by atoms with E-state index in [1.807, 2.05) is 19.9 Å². The summed E-state index contributed by atoms with van der Waals surface area (Å²) in [5.41, 5.74) is 1.56. The smallest absolute Gasteiger partial charge is 0.207 e. The summed E-state index contributed by atoms with van der Waals surface area (Å²) in [6, 6.07) is 3.64. The quantitative estimate of drug-likeness (QED) is 0.742. The topological polar surface area (TPSA) is 37.4 Å². The number of hydrogen-bond donors (Lipinski definition) is 0. The lowest BCUT2D eigenvalue weighted by atomic mass is 10.1. The van der Waals surface area contributed by atoms with Crippen LogP contribution in [0.1, 0.15) is 37.3 Å². The Labute approximate surface area is 134 Å². The van der Waals surface area contributed by atoms with Gasteiger partial charge in [-0.15, -0.1) is 11.6 Å². The van der Waals surface area contributed by atoms with E-state index in [4.69, 9.17) is 11.6 Å². The lowest BCUT2D eigenvalue weighted by Gasteiger charge is -2.32. The largest absolute Gasteiger partial charge is 0.243 e. The minimum atomic E-state index is -3.45. The summed E-state index contributed by atoms with van der Waals surface area (Å²) in [5, 5.41) is 0. The SMILES string of the molecule is Cc1c(Br)cc(CCl)cc1S(=O)(=O)N1CCCCC1C. The number of rotatable bonds is 3. The number of alkyl halides is 1. The van der Waals surface area contributed by atoms with Crippen molar-refractivity contribution in [1.82, 2.24) is 4.31 Å². The molecule has 1 aromatic rings. The first-order chi connectivity index (χ1) is 9.37. The van der Waals surface area contributed by atoms with Gasteiger partial charge < -0.3 is 0 Å². The maximum absolute atomic E-state index is 12.9. The van der Waals surface area contributed by atoms with Crippen molar-refractivity contribution >= 4 is 37.6 Å². The Morgan fingerprint density at radius 1 is 1.40 bits per heavy atom. The summed E-state index contributed by atoms with van der Waals surface area (Å²) >= 11 is 9.29. The zero-order chi connectivity index (χ0) is 14.9. The second-order valence-corrected chi connectivity index (χ2v) is 8.28. The highest BCUT2D eigenvalue weighted by molar-refractivity contribution is 9.10.